The zero-order chi connectivity index (χ0) is 40.8. The van der Waals surface area contributed by atoms with Crippen LogP contribution in [-0.2, 0) is 23.0 Å². The summed E-state index contributed by atoms with van der Waals surface area (Å²) in [7, 11) is -0.509. The number of anilines is 2. The summed E-state index contributed by atoms with van der Waals surface area (Å²) in [6, 6.07) is 35.5. The van der Waals surface area contributed by atoms with Crippen LogP contribution in [0.1, 0.15) is 34.3 Å². The van der Waals surface area contributed by atoms with Gasteiger partial charge in [-0.3, -0.25) is 19.8 Å². The Kier molecular flexibility index (Phi) is 13.0. The van der Waals surface area contributed by atoms with E-state index in [2.05, 4.69) is 56.2 Å². The SMILES string of the molecule is CN(C)CC[C@H](CSc1ccccc1)Nc1ccc(S(=O)(=O)NC(=O)c2ccc3c(c2)CCC2CN(Cc4ccccc4-c4ccc(Cl)cc4)CCN32)cc1[N+](=O)[O-]. The summed E-state index contributed by atoms with van der Waals surface area (Å²) in [5.41, 5.74) is 5.69. The number of benzene rings is 5. The molecule has 0 saturated carbocycles. The van der Waals surface area contributed by atoms with Gasteiger partial charge in [0.2, 0.25) is 0 Å². The normalized spacial score (nSPS) is 16.0. The molecule has 1 fully saturated rings. The molecule has 1 saturated heterocycles. The van der Waals surface area contributed by atoms with Crippen LogP contribution in [0.5, 0.6) is 0 Å². The highest BCUT2D eigenvalue weighted by atomic mass is 35.5. The number of carbonyl (C=O) groups is 1. The lowest BCUT2D eigenvalue weighted by atomic mass is 9.92. The molecule has 1 unspecified atom stereocenters. The first-order chi connectivity index (χ1) is 27.9. The number of sulfonamides is 1. The fourth-order valence-electron chi connectivity index (χ4n) is 7.70. The molecule has 11 nitrogen and oxygen atoms in total. The number of thioether (sulfide) groups is 1. The number of fused-ring (bicyclic) bond motifs is 3. The molecule has 0 bridgehead atoms. The highest BCUT2D eigenvalue weighted by molar-refractivity contribution is 7.99. The summed E-state index contributed by atoms with van der Waals surface area (Å²) in [4.78, 5) is 32.7. The monoisotopic (exact) mass is 838 g/mol. The fourth-order valence-corrected chi connectivity index (χ4v) is 9.82. The van der Waals surface area contributed by atoms with Gasteiger partial charge in [0.25, 0.3) is 21.6 Å². The molecule has 2 aliphatic heterocycles. The van der Waals surface area contributed by atoms with E-state index in [9.17, 15) is 23.3 Å². The molecule has 14 heteroatoms. The maximum Gasteiger partial charge on any atom is 0.293 e. The lowest BCUT2D eigenvalue weighted by Crippen LogP contribution is -2.54. The second-order valence-electron chi connectivity index (χ2n) is 15.1. The van der Waals surface area contributed by atoms with Crippen molar-refractivity contribution in [1.82, 2.24) is 14.5 Å². The first-order valence-electron chi connectivity index (χ1n) is 19.3. The third-order valence-corrected chi connectivity index (χ3v) is 13.5. The number of carbonyl (C=O) groups excluding carboxylic acids is 1. The molecule has 1 amide bonds. The van der Waals surface area contributed by atoms with Crippen molar-refractivity contribution in [2.45, 2.75) is 47.7 Å². The largest absolute Gasteiger partial charge is 0.376 e. The minimum absolute atomic E-state index is 0.139. The van der Waals surface area contributed by atoms with Crippen LogP contribution in [-0.4, -0.2) is 87.2 Å². The summed E-state index contributed by atoms with van der Waals surface area (Å²) in [5.74, 6) is -0.149. The van der Waals surface area contributed by atoms with Crippen LogP contribution in [0.25, 0.3) is 11.1 Å². The smallest absolute Gasteiger partial charge is 0.293 e. The molecule has 2 N–H and O–H groups in total. The topological polar surface area (TPSA) is 128 Å². The minimum Gasteiger partial charge on any atom is -0.376 e. The molecular weight excluding hydrogens is 792 g/mol. The average Bonchev–Trinajstić information content (AvgIpc) is 3.22. The van der Waals surface area contributed by atoms with E-state index >= 15 is 0 Å². The standard InChI is InChI=1S/C44H47ClN6O5S2/c1-48(2)23-22-36(30-57-38-9-4-3-5-10-38)46-41-20-19-39(27-43(41)51(53)54)58(55,56)47-44(52)33-15-21-42-32(26-33)14-18-37-29-49(24-25-50(37)42)28-34-8-6-7-11-40(34)31-12-16-35(45)17-13-31/h3-13,15-17,19-21,26-27,36-37,46H,14,18,22-25,28-30H2,1-2H3,(H,47,52)/t36-,37?/m1/s1. The van der Waals surface area contributed by atoms with Crippen LogP contribution in [0.15, 0.2) is 125 Å². The van der Waals surface area contributed by atoms with Gasteiger partial charge >= 0.3 is 0 Å². The van der Waals surface area contributed by atoms with Crippen molar-refractivity contribution in [2.24, 2.45) is 0 Å². The van der Waals surface area contributed by atoms with Gasteiger partial charge < -0.3 is 15.1 Å². The van der Waals surface area contributed by atoms with Crippen molar-refractivity contribution in [3.05, 3.63) is 147 Å². The number of amides is 1. The molecule has 0 aromatic heterocycles. The molecule has 2 heterocycles. The van der Waals surface area contributed by atoms with Crippen LogP contribution in [0.3, 0.4) is 0 Å². The zero-order valence-electron chi connectivity index (χ0n) is 32.5. The summed E-state index contributed by atoms with van der Waals surface area (Å²) in [6.07, 6.45) is 2.36. The predicted molar refractivity (Wildman–Crippen MR) is 234 cm³/mol. The third-order valence-electron chi connectivity index (χ3n) is 10.7. The second-order valence-corrected chi connectivity index (χ2v) is 18.3. The van der Waals surface area contributed by atoms with E-state index in [0.717, 1.165) is 73.3 Å². The van der Waals surface area contributed by atoms with Crippen molar-refractivity contribution in [2.75, 3.05) is 56.2 Å². The Labute approximate surface area is 349 Å². The molecule has 0 aliphatic carbocycles. The molecule has 2 aliphatic rings. The quantitative estimate of drug-likeness (QED) is 0.0605. The number of nitro groups is 1. The van der Waals surface area contributed by atoms with E-state index in [1.165, 1.54) is 23.3 Å². The number of nitrogens with zero attached hydrogens (tertiary/aromatic N) is 4. The lowest BCUT2D eigenvalue weighted by molar-refractivity contribution is -0.384. The molecule has 302 valence electrons. The highest BCUT2D eigenvalue weighted by Crippen LogP contribution is 2.35. The Morgan fingerprint density at radius 2 is 1.72 bits per heavy atom. The number of hydrogen-bond donors (Lipinski definition) is 2. The van der Waals surface area contributed by atoms with Crippen molar-refractivity contribution in [1.29, 1.82) is 0 Å². The van der Waals surface area contributed by atoms with E-state index in [-0.39, 0.29) is 27.9 Å². The molecule has 0 spiro atoms. The van der Waals surface area contributed by atoms with Crippen LogP contribution in [0.4, 0.5) is 17.1 Å². The van der Waals surface area contributed by atoms with Crippen LogP contribution < -0.4 is 14.9 Å². The number of piperazine rings is 1. The van der Waals surface area contributed by atoms with Crippen molar-refractivity contribution in [3.8, 4) is 11.1 Å². The van der Waals surface area contributed by atoms with Gasteiger partial charge in [-0.25, -0.2) is 13.1 Å². The first-order valence-corrected chi connectivity index (χ1v) is 22.2. The number of halogens is 1. The van der Waals surface area contributed by atoms with Crippen molar-refractivity contribution < 1.29 is 18.1 Å². The number of nitro benzene ring substituents is 1. The Bertz CT molecular complexity index is 2360. The van der Waals surface area contributed by atoms with Gasteiger partial charge in [0.15, 0.2) is 0 Å². The Morgan fingerprint density at radius 1 is 0.966 bits per heavy atom. The van der Waals surface area contributed by atoms with E-state index in [0.29, 0.717) is 23.2 Å². The Hall–Kier alpha value is -4.92. The van der Waals surface area contributed by atoms with Gasteiger partial charge in [0.1, 0.15) is 5.69 Å². The van der Waals surface area contributed by atoms with E-state index in [1.807, 2.05) is 67.5 Å². The van der Waals surface area contributed by atoms with Gasteiger partial charge in [-0.2, -0.15) is 0 Å². The van der Waals surface area contributed by atoms with Gasteiger partial charge in [-0.15, -0.1) is 11.8 Å². The van der Waals surface area contributed by atoms with Gasteiger partial charge in [0, 0.05) is 71.3 Å². The van der Waals surface area contributed by atoms with Crippen molar-refractivity contribution in [3.63, 3.8) is 0 Å². The van der Waals surface area contributed by atoms with E-state index in [4.69, 9.17) is 11.6 Å². The summed E-state index contributed by atoms with van der Waals surface area (Å²) < 4.78 is 29.2. The maximum absolute atomic E-state index is 13.5. The van der Waals surface area contributed by atoms with Crippen LogP contribution in [0, 0.1) is 10.1 Å². The minimum atomic E-state index is -4.44. The van der Waals surface area contributed by atoms with Gasteiger partial charge in [-0.1, -0.05) is 66.2 Å². The number of rotatable bonds is 15. The lowest BCUT2D eigenvalue weighted by Gasteiger charge is -2.46. The maximum atomic E-state index is 13.5. The van der Waals surface area contributed by atoms with Crippen LogP contribution >= 0.6 is 23.4 Å². The average molecular weight is 839 g/mol. The fraction of sp³-hybridized carbons (Fsp3) is 0.295. The Balaban J connectivity index is 1.000. The van der Waals surface area contributed by atoms with Crippen LogP contribution in [0.2, 0.25) is 5.02 Å². The molecule has 5 aromatic carbocycles. The second kappa shape index (κ2) is 18.3. The molecule has 2 atom stereocenters. The molecule has 0 radical (unpaired) electrons. The van der Waals surface area contributed by atoms with E-state index < -0.39 is 20.9 Å². The summed E-state index contributed by atoms with van der Waals surface area (Å²) in [6.45, 7) is 4.18. The first kappa shape index (κ1) is 41.2. The molecule has 7 rings (SSSR count). The highest BCUT2D eigenvalue weighted by Gasteiger charge is 2.33. The van der Waals surface area contributed by atoms with Crippen molar-refractivity contribution >= 4 is 56.4 Å². The zero-order valence-corrected chi connectivity index (χ0v) is 34.9. The number of nitrogens with one attached hydrogen (secondary N) is 2. The predicted octanol–water partition coefficient (Wildman–Crippen LogP) is 8.20. The van der Waals surface area contributed by atoms with Gasteiger partial charge in [0.05, 0.1) is 9.82 Å². The summed E-state index contributed by atoms with van der Waals surface area (Å²) >= 11 is 7.79. The number of aryl methyl sites for hydroxylation is 1. The van der Waals surface area contributed by atoms with E-state index in [1.54, 1.807) is 23.9 Å². The molecule has 5 aromatic rings. The molecule has 58 heavy (non-hydrogen) atoms. The molecular formula is C44H47ClN6O5S2. The summed E-state index contributed by atoms with van der Waals surface area (Å²) in [5, 5.41) is 16.2. The Morgan fingerprint density at radius 3 is 2.48 bits per heavy atom. The third kappa shape index (κ3) is 10.0. The van der Waals surface area contributed by atoms with Gasteiger partial charge in [-0.05, 0) is 117 Å². The number of hydrogen-bond acceptors (Lipinski definition) is 10.